The van der Waals surface area contributed by atoms with Crippen LogP contribution in [0.25, 0.3) is 10.9 Å². The van der Waals surface area contributed by atoms with Crippen molar-refractivity contribution in [2.24, 2.45) is 0 Å². The third-order valence-corrected chi connectivity index (χ3v) is 4.80. The number of hydrogen-bond donors (Lipinski definition) is 2. The van der Waals surface area contributed by atoms with E-state index in [1.165, 1.54) is 11.5 Å². The van der Waals surface area contributed by atoms with E-state index in [-0.39, 0.29) is 0 Å². The molecule has 3 aromatic rings. The van der Waals surface area contributed by atoms with Gasteiger partial charge in [0.2, 0.25) is 0 Å². The molecule has 4 nitrogen and oxygen atoms in total. The fourth-order valence-corrected chi connectivity index (χ4v) is 3.37. The van der Waals surface area contributed by atoms with Gasteiger partial charge in [0.15, 0.2) is 0 Å². The molecular formula is C18H21N3OS. The van der Waals surface area contributed by atoms with Crippen LogP contribution in [0.1, 0.15) is 19.4 Å². The number of hydrogen-bond acceptors (Lipinski definition) is 5. The Bertz CT molecular complexity index is 796. The number of nitrogens with one attached hydrogen (secondary N) is 1. The molecule has 120 valence electrons. The van der Waals surface area contributed by atoms with Gasteiger partial charge >= 0.3 is 0 Å². The molecule has 0 aliphatic heterocycles. The van der Waals surface area contributed by atoms with Gasteiger partial charge in [0, 0.05) is 23.2 Å². The summed E-state index contributed by atoms with van der Waals surface area (Å²) in [6.07, 6.45) is 0. The Balaban J connectivity index is 1.86. The van der Waals surface area contributed by atoms with Crippen LogP contribution in [0, 0.1) is 0 Å². The SMILES string of the molecule is CCN(CC)Cc1cc(Nc2snc3ccccc23)ccc1O. The quantitative estimate of drug-likeness (QED) is 0.650. The van der Waals surface area contributed by atoms with Gasteiger partial charge in [-0.2, -0.15) is 4.37 Å². The van der Waals surface area contributed by atoms with Crippen LogP contribution in [0.15, 0.2) is 42.5 Å². The molecule has 5 heteroatoms. The number of nitrogens with zero attached hydrogens (tertiary/aromatic N) is 2. The molecule has 1 heterocycles. The number of fused-ring (bicyclic) bond motifs is 1. The molecule has 0 bridgehead atoms. The summed E-state index contributed by atoms with van der Waals surface area (Å²) in [5, 5.41) is 15.7. The molecule has 0 unspecified atom stereocenters. The number of aromatic nitrogens is 1. The Morgan fingerprint density at radius 3 is 2.70 bits per heavy atom. The topological polar surface area (TPSA) is 48.4 Å². The summed E-state index contributed by atoms with van der Waals surface area (Å²) in [6.45, 7) is 6.94. The van der Waals surface area contributed by atoms with Crippen molar-refractivity contribution in [3.63, 3.8) is 0 Å². The number of rotatable bonds is 6. The summed E-state index contributed by atoms with van der Waals surface area (Å²) in [7, 11) is 0. The first-order chi connectivity index (χ1) is 11.2. The minimum absolute atomic E-state index is 0.344. The van der Waals surface area contributed by atoms with Crippen LogP contribution in [-0.4, -0.2) is 27.5 Å². The van der Waals surface area contributed by atoms with E-state index >= 15 is 0 Å². The number of aromatic hydroxyl groups is 1. The van der Waals surface area contributed by atoms with Gasteiger partial charge in [-0.25, -0.2) is 0 Å². The van der Waals surface area contributed by atoms with Crippen LogP contribution < -0.4 is 5.32 Å². The lowest BCUT2D eigenvalue weighted by atomic mass is 10.1. The van der Waals surface area contributed by atoms with E-state index < -0.39 is 0 Å². The van der Waals surface area contributed by atoms with Crippen molar-refractivity contribution < 1.29 is 5.11 Å². The predicted octanol–water partition coefficient (Wildman–Crippen LogP) is 4.59. The molecule has 23 heavy (non-hydrogen) atoms. The normalized spacial score (nSPS) is 11.3. The second kappa shape index (κ2) is 6.98. The third-order valence-electron chi connectivity index (χ3n) is 4.01. The highest BCUT2D eigenvalue weighted by Crippen LogP contribution is 2.32. The van der Waals surface area contributed by atoms with Crippen molar-refractivity contribution in [2.75, 3.05) is 18.4 Å². The van der Waals surface area contributed by atoms with Crippen molar-refractivity contribution in [3.8, 4) is 5.75 Å². The summed E-state index contributed by atoms with van der Waals surface area (Å²) in [5.74, 6) is 0.344. The van der Waals surface area contributed by atoms with Crippen LogP contribution in [0.4, 0.5) is 10.7 Å². The van der Waals surface area contributed by atoms with Crippen molar-refractivity contribution >= 4 is 33.1 Å². The van der Waals surface area contributed by atoms with E-state index in [9.17, 15) is 5.11 Å². The molecule has 0 saturated carbocycles. The average Bonchev–Trinajstić information content (AvgIpc) is 2.98. The van der Waals surface area contributed by atoms with Crippen molar-refractivity contribution in [1.82, 2.24) is 9.27 Å². The molecule has 0 amide bonds. The monoisotopic (exact) mass is 327 g/mol. The van der Waals surface area contributed by atoms with Crippen molar-refractivity contribution in [2.45, 2.75) is 20.4 Å². The molecule has 3 rings (SSSR count). The van der Waals surface area contributed by atoms with E-state index in [0.29, 0.717) is 5.75 Å². The van der Waals surface area contributed by atoms with Gasteiger partial charge < -0.3 is 10.4 Å². The predicted molar refractivity (Wildman–Crippen MR) is 97.6 cm³/mol. The largest absolute Gasteiger partial charge is 0.508 e. The van der Waals surface area contributed by atoms with Crippen molar-refractivity contribution in [3.05, 3.63) is 48.0 Å². The first-order valence-corrected chi connectivity index (χ1v) is 8.64. The third kappa shape index (κ3) is 3.46. The van der Waals surface area contributed by atoms with E-state index in [4.69, 9.17) is 0 Å². The maximum absolute atomic E-state index is 10.1. The smallest absolute Gasteiger partial charge is 0.121 e. The highest BCUT2D eigenvalue weighted by atomic mass is 32.1. The van der Waals surface area contributed by atoms with E-state index in [1.54, 1.807) is 6.07 Å². The second-order valence-electron chi connectivity index (χ2n) is 5.46. The fourth-order valence-electron chi connectivity index (χ4n) is 2.59. The van der Waals surface area contributed by atoms with Gasteiger partial charge in [-0.05, 0) is 55.0 Å². The molecule has 0 radical (unpaired) electrons. The van der Waals surface area contributed by atoms with Gasteiger partial charge in [-0.15, -0.1) is 0 Å². The first kappa shape index (κ1) is 15.8. The molecule has 0 saturated heterocycles. The minimum atomic E-state index is 0.344. The lowest BCUT2D eigenvalue weighted by Crippen LogP contribution is -2.22. The van der Waals surface area contributed by atoms with Crippen LogP contribution in [0.3, 0.4) is 0 Å². The molecule has 0 spiro atoms. The highest BCUT2D eigenvalue weighted by Gasteiger charge is 2.09. The molecule has 2 aromatic carbocycles. The van der Waals surface area contributed by atoms with E-state index in [1.807, 2.05) is 30.3 Å². The Labute approximate surface area is 140 Å². The molecule has 0 fully saturated rings. The Hall–Kier alpha value is -2.11. The Kier molecular flexibility index (Phi) is 4.79. The van der Waals surface area contributed by atoms with E-state index in [2.05, 4.69) is 34.5 Å². The molecular weight excluding hydrogens is 306 g/mol. The summed E-state index contributed by atoms with van der Waals surface area (Å²) in [4.78, 5) is 2.28. The maximum Gasteiger partial charge on any atom is 0.121 e. The van der Waals surface area contributed by atoms with Crippen LogP contribution in [-0.2, 0) is 6.54 Å². The van der Waals surface area contributed by atoms with Gasteiger partial charge in [-0.3, -0.25) is 4.90 Å². The average molecular weight is 327 g/mol. The van der Waals surface area contributed by atoms with Crippen LogP contribution in [0.2, 0.25) is 0 Å². The van der Waals surface area contributed by atoms with Crippen LogP contribution in [0.5, 0.6) is 5.75 Å². The number of anilines is 2. The number of phenolic OH excluding ortho intramolecular Hbond substituents is 1. The molecule has 2 N–H and O–H groups in total. The van der Waals surface area contributed by atoms with Gasteiger partial charge in [0.25, 0.3) is 0 Å². The lowest BCUT2D eigenvalue weighted by molar-refractivity contribution is 0.291. The minimum Gasteiger partial charge on any atom is -0.508 e. The Morgan fingerprint density at radius 2 is 1.91 bits per heavy atom. The standard InChI is InChI=1S/C18H21N3OS/c1-3-21(4-2)12-13-11-14(9-10-17(13)22)19-18-15-7-5-6-8-16(15)20-23-18/h5-11,19,22H,3-4,12H2,1-2H3. The van der Waals surface area contributed by atoms with Gasteiger partial charge in [0.05, 0.1) is 5.52 Å². The fraction of sp³-hybridized carbons (Fsp3) is 0.278. The summed E-state index contributed by atoms with van der Waals surface area (Å²) in [6, 6.07) is 13.8. The molecule has 1 aromatic heterocycles. The number of phenols is 1. The second-order valence-corrected chi connectivity index (χ2v) is 6.23. The first-order valence-electron chi connectivity index (χ1n) is 7.87. The van der Waals surface area contributed by atoms with Gasteiger partial charge in [-0.1, -0.05) is 26.0 Å². The summed E-state index contributed by atoms with van der Waals surface area (Å²) >= 11 is 1.46. The molecule has 0 aliphatic rings. The molecule has 0 atom stereocenters. The van der Waals surface area contributed by atoms with Gasteiger partial charge in [0.1, 0.15) is 10.8 Å². The maximum atomic E-state index is 10.1. The van der Waals surface area contributed by atoms with E-state index in [0.717, 1.165) is 46.8 Å². The summed E-state index contributed by atoms with van der Waals surface area (Å²) < 4.78 is 4.45. The van der Waals surface area contributed by atoms with Crippen LogP contribution >= 0.6 is 11.5 Å². The Morgan fingerprint density at radius 1 is 1.13 bits per heavy atom. The molecule has 0 aliphatic carbocycles. The zero-order chi connectivity index (χ0) is 16.2. The number of benzene rings is 2. The zero-order valence-electron chi connectivity index (χ0n) is 13.4. The summed E-state index contributed by atoms with van der Waals surface area (Å²) in [5.41, 5.74) is 2.91. The zero-order valence-corrected chi connectivity index (χ0v) is 14.2. The highest BCUT2D eigenvalue weighted by molar-refractivity contribution is 7.11. The van der Waals surface area contributed by atoms with Crippen molar-refractivity contribution in [1.29, 1.82) is 0 Å². The lowest BCUT2D eigenvalue weighted by Gasteiger charge is -2.19.